The number of ether oxygens (including phenoxy) is 1. The maximum Gasteiger partial charge on any atom is 0.271 e. The van der Waals surface area contributed by atoms with Crippen LogP contribution in [0.5, 0.6) is 5.75 Å². The number of carbonyl (C=O) groups is 2. The van der Waals surface area contributed by atoms with Crippen molar-refractivity contribution in [3.63, 3.8) is 0 Å². The average Bonchev–Trinajstić information content (AvgIpc) is 3.46. The molecule has 0 aliphatic carbocycles. The number of H-pyrrole nitrogens is 1. The number of aromatic amines is 1. The molecule has 164 valence electrons. The minimum absolute atomic E-state index is 0.267. The van der Waals surface area contributed by atoms with Crippen molar-refractivity contribution in [2.24, 2.45) is 0 Å². The largest absolute Gasteiger partial charge is 0.487 e. The van der Waals surface area contributed by atoms with E-state index in [0.717, 1.165) is 27.8 Å². The standard InChI is InChI=1S/C25H21N5O3/c1-16-6-5-11-30-14-18(27-23(16)30)15-33-19-8-4-7-17(12-19)24(31)28-29-25(32)21-13-26-22-10-3-2-9-20(21)22/h2-14,26H,15H2,1H3,(H,28,31)(H,29,32). The van der Waals surface area contributed by atoms with E-state index in [2.05, 4.69) is 20.8 Å². The zero-order valence-electron chi connectivity index (χ0n) is 17.8. The number of benzene rings is 2. The summed E-state index contributed by atoms with van der Waals surface area (Å²) in [6.07, 6.45) is 5.47. The molecule has 0 atom stereocenters. The van der Waals surface area contributed by atoms with Crippen LogP contribution >= 0.6 is 0 Å². The lowest BCUT2D eigenvalue weighted by molar-refractivity contribution is 0.0847. The van der Waals surface area contributed by atoms with Gasteiger partial charge in [0, 0.05) is 35.1 Å². The first-order valence-electron chi connectivity index (χ1n) is 10.4. The molecule has 5 aromatic rings. The molecule has 3 aromatic heterocycles. The Morgan fingerprint density at radius 3 is 2.76 bits per heavy atom. The van der Waals surface area contributed by atoms with E-state index in [-0.39, 0.29) is 6.61 Å². The maximum atomic E-state index is 12.6. The van der Waals surface area contributed by atoms with Crippen molar-refractivity contribution in [1.82, 2.24) is 25.2 Å². The smallest absolute Gasteiger partial charge is 0.271 e. The normalized spacial score (nSPS) is 10.9. The van der Waals surface area contributed by atoms with Crippen LogP contribution < -0.4 is 15.6 Å². The van der Waals surface area contributed by atoms with Crippen molar-refractivity contribution in [2.75, 3.05) is 0 Å². The second kappa shape index (κ2) is 8.51. The predicted molar refractivity (Wildman–Crippen MR) is 124 cm³/mol. The molecule has 0 aliphatic heterocycles. The Kier molecular flexibility index (Phi) is 5.24. The number of nitrogens with zero attached hydrogens (tertiary/aromatic N) is 2. The summed E-state index contributed by atoms with van der Waals surface area (Å²) < 4.78 is 7.79. The van der Waals surface area contributed by atoms with Gasteiger partial charge in [0.2, 0.25) is 0 Å². The van der Waals surface area contributed by atoms with Crippen LogP contribution in [-0.4, -0.2) is 26.2 Å². The van der Waals surface area contributed by atoms with E-state index in [1.807, 2.05) is 60.1 Å². The second-order valence-corrected chi connectivity index (χ2v) is 7.63. The van der Waals surface area contributed by atoms with Crippen LogP contribution in [0.25, 0.3) is 16.6 Å². The fourth-order valence-electron chi connectivity index (χ4n) is 3.67. The molecule has 0 radical (unpaired) electrons. The molecule has 8 nitrogen and oxygen atoms in total. The van der Waals surface area contributed by atoms with Gasteiger partial charge in [0.05, 0.1) is 11.3 Å². The molecule has 0 saturated carbocycles. The molecule has 3 heterocycles. The van der Waals surface area contributed by atoms with Gasteiger partial charge in [0.25, 0.3) is 11.8 Å². The number of pyridine rings is 1. The third-order valence-electron chi connectivity index (χ3n) is 5.33. The number of para-hydroxylation sites is 1. The van der Waals surface area contributed by atoms with E-state index >= 15 is 0 Å². The number of carbonyl (C=O) groups excluding carboxylic acids is 2. The summed E-state index contributed by atoms with van der Waals surface area (Å²) in [6, 6.07) is 18.2. The first-order chi connectivity index (χ1) is 16.1. The third kappa shape index (κ3) is 4.14. The molecule has 0 aliphatic rings. The fraction of sp³-hybridized carbons (Fsp3) is 0.0800. The SMILES string of the molecule is Cc1cccn2cc(COc3cccc(C(=O)NNC(=O)c4c[nH]c5ccccc45)c3)nc12. The van der Waals surface area contributed by atoms with Gasteiger partial charge in [-0.3, -0.25) is 20.4 Å². The quantitative estimate of drug-likeness (QED) is 0.363. The van der Waals surface area contributed by atoms with Crippen LogP contribution in [-0.2, 0) is 6.61 Å². The zero-order chi connectivity index (χ0) is 22.8. The second-order valence-electron chi connectivity index (χ2n) is 7.63. The van der Waals surface area contributed by atoms with E-state index in [0.29, 0.717) is 16.9 Å². The van der Waals surface area contributed by atoms with Gasteiger partial charge >= 0.3 is 0 Å². The lowest BCUT2D eigenvalue weighted by Crippen LogP contribution is -2.41. The Bertz CT molecular complexity index is 1480. The van der Waals surface area contributed by atoms with Crippen LogP contribution in [0.15, 0.2) is 79.3 Å². The number of aromatic nitrogens is 3. The summed E-state index contributed by atoms with van der Waals surface area (Å²) in [5.41, 5.74) is 9.32. The summed E-state index contributed by atoms with van der Waals surface area (Å²) in [4.78, 5) is 32.7. The molecule has 0 unspecified atom stereocenters. The van der Waals surface area contributed by atoms with Gasteiger partial charge in [-0.1, -0.05) is 30.3 Å². The maximum absolute atomic E-state index is 12.6. The first-order valence-corrected chi connectivity index (χ1v) is 10.4. The lowest BCUT2D eigenvalue weighted by Gasteiger charge is -2.09. The molecule has 5 rings (SSSR count). The summed E-state index contributed by atoms with van der Waals surface area (Å²) in [7, 11) is 0. The number of rotatable bonds is 5. The first kappa shape index (κ1) is 20.3. The highest BCUT2D eigenvalue weighted by Gasteiger charge is 2.14. The van der Waals surface area contributed by atoms with Crippen molar-refractivity contribution in [2.45, 2.75) is 13.5 Å². The monoisotopic (exact) mass is 439 g/mol. The number of fused-ring (bicyclic) bond motifs is 2. The number of hydrazine groups is 1. The highest BCUT2D eigenvalue weighted by atomic mass is 16.5. The van der Waals surface area contributed by atoms with Crippen molar-refractivity contribution < 1.29 is 14.3 Å². The molecule has 3 N–H and O–H groups in total. The average molecular weight is 439 g/mol. The molecular formula is C25H21N5O3. The molecule has 33 heavy (non-hydrogen) atoms. The topological polar surface area (TPSA) is 101 Å². The van der Waals surface area contributed by atoms with E-state index in [9.17, 15) is 9.59 Å². The number of amides is 2. The van der Waals surface area contributed by atoms with Gasteiger partial charge in [-0.15, -0.1) is 0 Å². The van der Waals surface area contributed by atoms with E-state index in [1.54, 1.807) is 30.5 Å². The van der Waals surface area contributed by atoms with Crippen LogP contribution in [0.1, 0.15) is 32.0 Å². The van der Waals surface area contributed by atoms with E-state index in [1.165, 1.54) is 0 Å². The number of hydrogen-bond acceptors (Lipinski definition) is 4. The molecule has 0 saturated heterocycles. The van der Waals surface area contributed by atoms with Crippen molar-refractivity contribution >= 4 is 28.4 Å². The van der Waals surface area contributed by atoms with Gasteiger partial charge in [-0.05, 0) is 42.8 Å². The van der Waals surface area contributed by atoms with Crippen LogP contribution in [0.4, 0.5) is 0 Å². The summed E-state index contributed by atoms with van der Waals surface area (Å²) in [5.74, 6) is -0.327. The van der Waals surface area contributed by atoms with Crippen molar-refractivity contribution in [1.29, 1.82) is 0 Å². The summed E-state index contributed by atoms with van der Waals surface area (Å²) >= 11 is 0. The molecule has 0 bridgehead atoms. The molecular weight excluding hydrogens is 418 g/mol. The Morgan fingerprint density at radius 2 is 1.88 bits per heavy atom. The highest BCUT2D eigenvalue weighted by molar-refractivity contribution is 6.07. The summed E-state index contributed by atoms with van der Waals surface area (Å²) in [6.45, 7) is 2.27. The van der Waals surface area contributed by atoms with Gasteiger partial charge in [-0.2, -0.15) is 0 Å². The number of hydrogen-bond donors (Lipinski definition) is 3. The predicted octanol–water partition coefficient (Wildman–Crippen LogP) is 3.78. The highest BCUT2D eigenvalue weighted by Crippen LogP contribution is 2.18. The van der Waals surface area contributed by atoms with Gasteiger partial charge in [0.1, 0.15) is 18.0 Å². The van der Waals surface area contributed by atoms with Gasteiger partial charge in [0.15, 0.2) is 0 Å². The minimum atomic E-state index is -0.447. The number of nitrogens with one attached hydrogen (secondary N) is 3. The van der Waals surface area contributed by atoms with Gasteiger partial charge in [-0.25, -0.2) is 4.98 Å². The Balaban J connectivity index is 1.22. The molecule has 2 aromatic carbocycles. The third-order valence-corrected chi connectivity index (χ3v) is 5.33. The Morgan fingerprint density at radius 1 is 1.03 bits per heavy atom. The van der Waals surface area contributed by atoms with Gasteiger partial charge < -0.3 is 14.1 Å². The lowest BCUT2D eigenvalue weighted by atomic mass is 10.2. The molecule has 8 heteroatoms. The number of aryl methyl sites for hydroxylation is 1. The van der Waals surface area contributed by atoms with Crippen LogP contribution in [0.3, 0.4) is 0 Å². The molecule has 0 spiro atoms. The minimum Gasteiger partial charge on any atom is -0.487 e. The summed E-state index contributed by atoms with van der Waals surface area (Å²) in [5, 5.41) is 0.779. The van der Waals surface area contributed by atoms with Crippen LogP contribution in [0.2, 0.25) is 0 Å². The molecule has 2 amide bonds. The Labute approximate surface area is 189 Å². The van der Waals surface area contributed by atoms with E-state index in [4.69, 9.17) is 4.74 Å². The number of imidazole rings is 1. The van der Waals surface area contributed by atoms with Crippen molar-refractivity contribution in [3.05, 3.63) is 102 Å². The van der Waals surface area contributed by atoms with Crippen LogP contribution in [0, 0.1) is 6.92 Å². The Hall–Kier alpha value is -4.59. The zero-order valence-corrected chi connectivity index (χ0v) is 17.8. The molecule has 0 fully saturated rings. The van der Waals surface area contributed by atoms with E-state index < -0.39 is 11.8 Å². The fourth-order valence-corrected chi connectivity index (χ4v) is 3.67. The van der Waals surface area contributed by atoms with Crippen molar-refractivity contribution in [3.8, 4) is 5.75 Å².